The number of hydrogen-bond acceptors (Lipinski definition) is 4. The van der Waals surface area contributed by atoms with Gasteiger partial charge in [0, 0.05) is 29.6 Å². The second-order valence-electron chi connectivity index (χ2n) is 4.34. The SMILES string of the molecule is N#Cc1cncc(-c2cc(Cl)nc(-c3ccccc3)n2)c1. The third-order valence-electron chi connectivity index (χ3n) is 2.89. The molecule has 0 radical (unpaired) electrons. The fraction of sp³-hybridized carbons (Fsp3) is 0. The topological polar surface area (TPSA) is 62.5 Å². The first-order valence-corrected chi connectivity index (χ1v) is 6.59. The number of hydrogen-bond donors (Lipinski definition) is 0. The number of halogens is 1. The summed E-state index contributed by atoms with van der Waals surface area (Å²) < 4.78 is 0. The van der Waals surface area contributed by atoms with Gasteiger partial charge in [-0.3, -0.25) is 4.98 Å². The van der Waals surface area contributed by atoms with Gasteiger partial charge in [0.25, 0.3) is 0 Å². The summed E-state index contributed by atoms with van der Waals surface area (Å²) in [6.45, 7) is 0. The van der Waals surface area contributed by atoms with Crippen LogP contribution in [-0.4, -0.2) is 15.0 Å². The Morgan fingerprint density at radius 3 is 2.52 bits per heavy atom. The van der Waals surface area contributed by atoms with Crippen LogP contribution in [0, 0.1) is 11.3 Å². The maximum Gasteiger partial charge on any atom is 0.161 e. The van der Waals surface area contributed by atoms with Crippen LogP contribution in [0.3, 0.4) is 0 Å². The van der Waals surface area contributed by atoms with E-state index in [1.54, 1.807) is 18.3 Å². The third kappa shape index (κ3) is 2.88. The molecule has 3 aromatic rings. The lowest BCUT2D eigenvalue weighted by molar-refractivity contribution is 1.17. The second kappa shape index (κ2) is 5.70. The van der Waals surface area contributed by atoms with Gasteiger partial charge in [0.15, 0.2) is 5.82 Å². The quantitative estimate of drug-likeness (QED) is 0.675. The molecule has 0 fully saturated rings. The van der Waals surface area contributed by atoms with Crippen LogP contribution in [0.1, 0.15) is 5.56 Å². The van der Waals surface area contributed by atoms with E-state index < -0.39 is 0 Å². The molecule has 2 aromatic heterocycles. The predicted octanol–water partition coefficient (Wildman–Crippen LogP) is 3.73. The molecule has 4 nitrogen and oxygen atoms in total. The van der Waals surface area contributed by atoms with Gasteiger partial charge in [-0.25, -0.2) is 9.97 Å². The molecule has 0 N–H and O–H groups in total. The Balaban J connectivity index is 2.12. The van der Waals surface area contributed by atoms with E-state index in [9.17, 15) is 0 Å². The zero-order valence-electron chi connectivity index (χ0n) is 10.9. The molecule has 0 aliphatic carbocycles. The van der Waals surface area contributed by atoms with Crippen LogP contribution in [0.5, 0.6) is 0 Å². The Morgan fingerprint density at radius 2 is 1.76 bits per heavy atom. The highest BCUT2D eigenvalue weighted by molar-refractivity contribution is 6.29. The largest absolute Gasteiger partial charge is 0.263 e. The predicted molar refractivity (Wildman–Crippen MR) is 80.4 cm³/mol. The van der Waals surface area contributed by atoms with Crippen molar-refractivity contribution in [1.82, 2.24) is 15.0 Å². The van der Waals surface area contributed by atoms with Gasteiger partial charge in [-0.2, -0.15) is 5.26 Å². The lowest BCUT2D eigenvalue weighted by Gasteiger charge is -2.05. The van der Waals surface area contributed by atoms with E-state index in [-0.39, 0.29) is 0 Å². The fourth-order valence-electron chi connectivity index (χ4n) is 1.92. The van der Waals surface area contributed by atoms with Crippen LogP contribution in [-0.2, 0) is 0 Å². The van der Waals surface area contributed by atoms with E-state index in [4.69, 9.17) is 16.9 Å². The summed E-state index contributed by atoms with van der Waals surface area (Å²) >= 11 is 6.09. The van der Waals surface area contributed by atoms with Crippen molar-refractivity contribution in [3.8, 4) is 28.7 Å². The summed E-state index contributed by atoms with van der Waals surface area (Å²) in [5, 5.41) is 9.30. The molecule has 21 heavy (non-hydrogen) atoms. The summed E-state index contributed by atoms with van der Waals surface area (Å²) in [6, 6.07) is 15.0. The first kappa shape index (κ1) is 13.2. The fourth-order valence-corrected chi connectivity index (χ4v) is 2.11. The zero-order chi connectivity index (χ0) is 14.7. The number of rotatable bonds is 2. The van der Waals surface area contributed by atoms with Crippen LogP contribution >= 0.6 is 11.6 Å². The molecule has 0 unspecified atom stereocenters. The molecular formula is C16H9ClN4. The summed E-state index contributed by atoms with van der Waals surface area (Å²) in [5.74, 6) is 0.542. The molecule has 3 rings (SSSR count). The Morgan fingerprint density at radius 1 is 0.952 bits per heavy atom. The van der Waals surface area contributed by atoms with Crippen LogP contribution in [0.15, 0.2) is 54.9 Å². The van der Waals surface area contributed by atoms with Gasteiger partial charge < -0.3 is 0 Å². The highest BCUT2D eigenvalue weighted by atomic mass is 35.5. The molecule has 0 bridgehead atoms. The summed E-state index contributed by atoms with van der Waals surface area (Å²) in [4.78, 5) is 12.8. The summed E-state index contributed by atoms with van der Waals surface area (Å²) in [7, 11) is 0. The zero-order valence-corrected chi connectivity index (χ0v) is 11.6. The molecule has 1 aromatic carbocycles. The molecule has 0 atom stereocenters. The Hall–Kier alpha value is -2.77. The molecule has 0 aliphatic rings. The van der Waals surface area contributed by atoms with Crippen molar-refractivity contribution in [1.29, 1.82) is 5.26 Å². The maximum absolute atomic E-state index is 8.95. The molecule has 0 saturated carbocycles. The van der Waals surface area contributed by atoms with Crippen LogP contribution < -0.4 is 0 Å². The molecule has 0 saturated heterocycles. The number of benzene rings is 1. The molecule has 100 valence electrons. The lowest BCUT2D eigenvalue weighted by atomic mass is 10.1. The van der Waals surface area contributed by atoms with Crippen LogP contribution in [0.25, 0.3) is 22.6 Å². The number of pyridine rings is 1. The van der Waals surface area contributed by atoms with Crippen LogP contribution in [0.4, 0.5) is 0 Å². The van der Waals surface area contributed by atoms with Crippen molar-refractivity contribution < 1.29 is 0 Å². The van der Waals surface area contributed by atoms with Gasteiger partial charge in [0.1, 0.15) is 11.2 Å². The van der Waals surface area contributed by atoms with Gasteiger partial charge >= 0.3 is 0 Å². The monoisotopic (exact) mass is 292 g/mol. The van der Waals surface area contributed by atoms with Gasteiger partial charge in [-0.05, 0) is 6.07 Å². The van der Waals surface area contributed by atoms with E-state index in [0.29, 0.717) is 22.2 Å². The molecule has 0 aliphatic heterocycles. The first-order valence-electron chi connectivity index (χ1n) is 6.22. The highest BCUT2D eigenvalue weighted by Gasteiger charge is 2.08. The van der Waals surface area contributed by atoms with Gasteiger partial charge in [0.05, 0.1) is 11.3 Å². The van der Waals surface area contributed by atoms with E-state index in [2.05, 4.69) is 21.0 Å². The first-order chi connectivity index (χ1) is 10.3. The normalized spacial score (nSPS) is 10.1. The van der Waals surface area contributed by atoms with Crippen molar-refractivity contribution in [3.63, 3.8) is 0 Å². The smallest absolute Gasteiger partial charge is 0.161 e. The van der Waals surface area contributed by atoms with Crippen molar-refractivity contribution in [2.24, 2.45) is 0 Å². The molecule has 0 spiro atoms. The molecular weight excluding hydrogens is 284 g/mol. The van der Waals surface area contributed by atoms with E-state index >= 15 is 0 Å². The minimum absolute atomic E-state index is 0.348. The van der Waals surface area contributed by atoms with Gasteiger partial charge in [0.2, 0.25) is 0 Å². The number of nitrogens with zero attached hydrogens (tertiary/aromatic N) is 4. The summed E-state index contributed by atoms with van der Waals surface area (Å²) in [5.41, 5.74) is 2.73. The van der Waals surface area contributed by atoms with Gasteiger partial charge in [-0.1, -0.05) is 41.9 Å². The van der Waals surface area contributed by atoms with Crippen LogP contribution in [0.2, 0.25) is 5.15 Å². The van der Waals surface area contributed by atoms with Crippen molar-refractivity contribution in [2.45, 2.75) is 0 Å². The van der Waals surface area contributed by atoms with Gasteiger partial charge in [-0.15, -0.1) is 0 Å². The summed E-state index contributed by atoms with van der Waals surface area (Å²) in [6.07, 6.45) is 3.15. The third-order valence-corrected chi connectivity index (χ3v) is 3.08. The minimum atomic E-state index is 0.348. The van der Waals surface area contributed by atoms with E-state index in [1.165, 1.54) is 6.20 Å². The molecule has 5 heteroatoms. The number of aromatic nitrogens is 3. The lowest BCUT2D eigenvalue weighted by Crippen LogP contribution is -1.94. The van der Waals surface area contributed by atoms with Crippen molar-refractivity contribution in [2.75, 3.05) is 0 Å². The number of nitriles is 1. The Kier molecular flexibility index (Phi) is 3.59. The average Bonchev–Trinajstić information content (AvgIpc) is 2.55. The maximum atomic E-state index is 8.95. The molecule has 0 amide bonds. The molecule has 2 heterocycles. The van der Waals surface area contributed by atoms with E-state index in [0.717, 1.165) is 11.1 Å². The van der Waals surface area contributed by atoms with Crippen molar-refractivity contribution in [3.05, 3.63) is 65.6 Å². The Bertz CT molecular complexity index is 825. The Labute approximate surface area is 126 Å². The highest BCUT2D eigenvalue weighted by Crippen LogP contribution is 2.24. The standard InChI is InChI=1S/C16H9ClN4/c17-15-7-14(13-6-11(8-18)9-19-10-13)20-16(21-15)12-4-2-1-3-5-12/h1-7,9-10H. The average molecular weight is 293 g/mol. The second-order valence-corrected chi connectivity index (χ2v) is 4.73. The van der Waals surface area contributed by atoms with E-state index in [1.807, 2.05) is 30.3 Å². The van der Waals surface area contributed by atoms with Crippen molar-refractivity contribution >= 4 is 11.6 Å². The minimum Gasteiger partial charge on any atom is -0.263 e.